The predicted octanol–water partition coefficient (Wildman–Crippen LogP) is 1.57. The lowest BCUT2D eigenvalue weighted by Crippen LogP contribution is -2.60. The zero-order valence-electron chi connectivity index (χ0n) is 12.4. The average molecular weight is 290 g/mol. The summed E-state index contributed by atoms with van der Waals surface area (Å²) >= 11 is 0. The van der Waals surface area contributed by atoms with Gasteiger partial charge in [-0.15, -0.1) is 0 Å². The third kappa shape index (κ3) is 2.63. The van der Waals surface area contributed by atoms with Crippen LogP contribution in [0.3, 0.4) is 0 Å². The minimum absolute atomic E-state index is 0.0210. The molecule has 2 heterocycles. The number of carbonyl (C=O) groups excluding carboxylic acids is 1. The maximum absolute atomic E-state index is 12.6. The summed E-state index contributed by atoms with van der Waals surface area (Å²) in [5.74, 6) is 0.761. The summed E-state index contributed by atoms with van der Waals surface area (Å²) in [5.41, 5.74) is 0.600. The van der Waals surface area contributed by atoms with Crippen LogP contribution in [0, 0.1) is 0 Å². The van der Waals surface area contributed by atoms with Crippen molar-refractivity contribution in [2.75, 3.05) is 38.3 Å². The molecule has 21 heavy (non-hydrogen) atoms. The second-order valence-corrected chi connectivity index (χ2v) is 5.72. The Bertz CT molecular complexity index is 510. The molecule has 2 saturated heterocycles. The molecule has 0 bridgehead atoms. The second kappa shape index (κ2) is 6.03. The Kier molecular flexibility index (Phi) is 4.12. The molecule has 114 valence electrons. The monoisotopic (exact) mass is 290 g/mol. The molecule has 0 radical (unpaired) electrons. The topological polar surface area (TPSA) is 50.8 Å². The van der Waals surface area contributed by atoms with Crippen LogP contribution in [0.1, 0.15) is 19.3 Å². The normalized spacial score (nSPS) is 26.7. The Hall–Kier alpha value is -1.59. The predicted molar refractivity (Wildman–Crippen MR) is 80.8 cm³/mol. The van der Waals surface area contributed by atoms with Crippen LogP contribution in [0.5, 0.6) is 5.75 Å². The Morgan fingerprint density at radius 1 is 1.29 bits per heavy atom. The number of para-hydroxylation sites is 2. The highest BCUT2D eigenvalue weighted by atomic mass is 16.5. The first kappa shape index (κ1) is 14.4. The van der Waals surface area contributed by atoms with E-state index in [1.165, 1.54) is 0 Å². The quantitative estimate of drug-likeness (QED) is 0.898. The largest absolute Gasteiger partial charge is 0.495 e. The van der Waals surface area contributed by atoms with Gasteiger partial charge in [-0.3, -0.25) is 9.69 Å². The molecule has 0 aromatic heterocycles. The van der Waals surface area contributed by atoms with Crippen LogP contribution in [-0.2, 0) is 9.53 Å². The van der Waals surface area contributed by atoms with E-state index in [1.807, 2.05) is 29.2 Å². The molecule has 3 rings (SSSR count). The number of rotatable bonds is 2. The SMILES string of the molecule is COc1ccccc1N1C(=O)COCC12CCCNCC2. The molecule has 1 aromatic carbocycles. The van der Waals surface area contributed by atoms with Crippen molar-refractivity contribution < 1.29 is 14.3 Å². The number of methoxy groups -OCH3 is 1. The van der Waals surface area contributed by atoms with Gasteiger partial charge in [0.25, 0.3) is 5.91 Å². The first-order chi connectivity index (χ1) is 10.3. The van der Waals surface area contributed by atoms with Gasteiger partial charge < -0.3 is 14.8 Å². The fraction of sp³-hybridized carbons (Fsp3) is 0.562. The number of nitrogens with one attached hydrogen (secondary N) is 1. The zero-order valence-corrected chi connectivity index (χ0v) is 12.4. The number of morpholine rings is 1. The molecule has 2 aliphatic rings. The Balaban J connectivity index is 2.03. The van der Waals surface area contributed by atoms with E-state index in [2.05, 4.69) is 5.32 Å². The Labute approximate surface area is 125 Å². The Morgan fingerprint density at radius 2 is 2.14 bits per heavy atom. The molecule has 5 nitrogen and oxygen atoms in total. The van der Waals surface area contributed by atoms with Gasteiger partial charge in [0.1, 0.15) is 12.4 Å². The third-order valence-electron chi connectivity index (χ3n) is 4.41. The standard InChI is InChI=1S/C16H22N2O3/c1-20-14-6-3-2-5-13(14)18-15(19)11-21-12-16(18)7-4-9-17-10-8-16/h2-3,5-6,17H,4,7-12H2,1H3. The van der Waals surface area contributed by atoms with Crippen LogP contribution in [0.4, 0.5) is 5.69 Å². The van der Waals surface area contributed by atoms with Crippen LogP contribution in [0.15, 0.2) is 24.3 Å². The van der Waals surface area contributed by atoms with Gasteiger partial charge in [0.15, 0.2) is 0 Å². The Morgan fingerprint density at radius 3 is 3.00 bits per heavy atom. The number of amides is 1. The van der Waals surface area contributed by atoms with Gasteiger partial charge in [0, 0.05) is 0 Å². The van der Waals surface area contributed by atoms with Crippen LogP contribution in [0.2, 0.25) is 0 Å². The number of carbonyl (C=O) groups is 1. The van der Waals surface area contributed by atoms with Gasteiger partial charge in [-0.05, 0) is 44.5 Å². The summed E-state index contributed by atoms with van der Waals surface area (Å²) in [6.07, 6.45) is 2.89. The molecule has 0 aliphatic carbocycles. The zero-order chi connectivity index (χ0) is 14.7. The van der Waals surface area contributed by atoms with E-state index in [1.54, 1.807) is 7.11 Å². The van der Waals surface area contributed by atoms with Crippen LogP contribution in [-0.4, -0.2) is 44.9 Å². The first-order valence-corrected chi connectivity index (χ1v) is 7.51. The van der Waals surface area contributed by atoms with Crippen molar-refractivity contribution in [2.45, 2.75) is 24.8 Å². The summed E-state index contributed by atoms with van der Waals surface area (Å²) in [6, 6.07) is 7.74. The van der Waals surface area contributed by atoms with E-state index in [4.69, 9.17) is 9.47 Å². The number of hydrogen-bond acceptors (Lipinski definition) is 4. The number of benzene rings is 1. The summed E-state index contributed by atoms with van der Waals surface area (Å²) in [6.45, 7) is 2.64. The summed E-state index contributed by atoms with van der Waals surface area (Å²) in [7, 11) is 1.64. The van der Waals surface area contributed by atoms with E-state index in [9.17, 15) is 4.79 Å². The molecule has 5 heteroatoms. The summed E-state index contributed by atoms with van der Waals surface area (Å²) in [4.78, 5) is 14.5. The lowest BCUT2D eigenvalue weighted by atomic mass is 9.87. The molecule has 1 N–H and O–H groups in total. The van der Waals surface area contributed by atoms with Gasteiger partial charge in [-0.2, -0.15) is 0 Å². The molecule has 2 aliphatic heterocycles. The number of anilines is 1. The highest BCUT2D eigenvalue weighted by molar-refractivity contribution is 5.97. The van der Waals surface area contributed by atoms with Gasteiger partial charge in [0.2, 0.25) is 0 Å². The van der Waals surface area contributed by atoms with Gasteiger partial charge >= 0.3 is 0 Å². The number of ether oxygens (including phenoxy) is 2. The molecule has 1 atom stereocenters. The highest BCUT2D eigenvalue weighted by Crippen LogP contribution is 2.39. The van der Waals surface area contributed by atoms with E-state index in [0.717, 1.165) is 43.8 Å². The first-order valence-electron chi connectivity index (χ1n) is 7.51. The highest BCUT2D eigenvalue weighted by Gasteiger charge is 2.45. The fourth-order valence-electron chi connectivity index (χ4n) is 3.41. The van der Waals surface area contributed by atoms with Crippen molar-refractivity contribution in [3.63, 3.8) is 0 Å². The number of hydrogen-bond donors (Lipinski definition) is 1. The van der Waals surface area contributed by atoms with Crippen LogP contribution >= 0.6 is 0 Å². The smallest absolute Gasteiger partial charge is 0.253 e. The van der Waals surface area contributed by atoms with Gasteiger partial charge in [-0.1, -0.05) is 12.1 Å². The molecule has 1 unspecified atom stereocenters. The minimum atomic E-state index is -0.256. The summed E-state index contributed by atoms with van der Waals surface area (Å²) < 4.78 is 11.1. The maximum atomic E-state index is 12.6. The second-order valence-electron chi connectivity index (χ2n) is 5.72. The molecule has 1 amide bonds. The molecular weight excluding hydrogens is 268 g/mol. The molecule has 2 fully saturated rings. The number of nitrogens with zero attached hydrogens (tertiary/aromatic N) is 1. The average Bonchev–Trinajstić information content (AvgIpc) is 2.74. The van der Waals surface area contributed by atoms with Crippen molar-refractivity contribution in [3.8, 4) is 5.75 Å². The van der Waals surface area contributed by atoms with Gasteiger partial charge in [0.05, 0.1) is 24.9 Å². The van der Waals surface area contributed by atoms with E-state index >= 15 is 0 Å². The molecule has 1 spiro atoms. The fourth-order valence-corrected chi connectivity index (χ4v) is 3.41. The van der Waals surface area contributed by atoms with Crippen LogP contribution in [0.25, 0.3) is 0 Å². The van der Waals surface area contributed by atoms with Gasteiger partial charge in [-0.25, -0.2) is 0 Å². The van der Waals surface area contributed by atoms with E-state index in [0.29, 0.717) is 6.61 Å². The van der Waals surface area contributed by atoms with Crippen molar-refractivity contribution in [3.05, 3.63) is 24.3 Å². The van der Waals surface area contributed by atoms with Crippen LogP contribution < -0.4 is 15.0 Å². The third-order valence-corrected chi connectivity index (χ3v) is 4.41. The maximum Gasteiger partial charge on any atom is 0.253 e. The minimum Gasteiger partial charge on any atom is -0.495 e. The molecule has 1 aromatic rings. The lowest BCUT2D eigenvalue weighted by molar-refractivity contribution is -0.130. The summed E-state index contributed by atoms with van der Waals surface area (Å²) in [5, 5.41) is 3.41. The van der Waals surface area contributed by atoms with E-state index < -0.39 is 0 Å². The van der Waals surface area contributed by atoms with Crippen molar-refractivity contribution in [2.24, 2.45) is 0 Å². The molecule has 0 saturated carbocycles. The van der Waals surface area contributed by atoms with Crippen molar-refractivity contribution >= 4 is 11.6 Å². The van der Waals surface area contributed by atoms with Crippen molar-refractivity contribution in [1.82, 2.24) is 5.32 Å². The van der Waals surface area contributed by atoms with E-state index in [-0.39, 0.29) is 18.1 Å². The van der Waals surface area contributed by atoms with Crippen molar-refractivity contribution in [1.29, 1.82) is 0 Å². The molecular formula is C16H22N2O3. The lowest BCUT2D eigenvalue weighted by Gasteiger charge is -2.46.